The van der Waals surface area contributed by atoms with Crippen molar-refractivity contribution in [3.63, 3.8) is 0 Å². The number of hydrogen-bond acceptors (Lipinski definition) is 5. The molecular formula is C15H11ClN4O. The van der Waals surface area contributed by atoms with Gasteiger partial charge in [0.15, 0.2) is 5.82 Å². The van der Waals surface area contributed by atoms with Crippen LogP contribution in [0.15, 0.2) is 48.5 Å². The monoisotopic (exact) mass is 298 g/mol. The molecule has 0 aliphatic rings. The highest BCUT2D eigenvalue weighted by molar-refractivity contribution is 6.29. The van der Waals surface area contributed by atoms with Crippen LogP contribution in [0.5, 0.6) is 5.88 Å². The van der Waals surface area contributed by atoms with Crippen LogP contribution >= 0.6 is 11.6 Å². The molecule has 5 nitrogen and oxygen atoms in total. The van der Waals surface area contributed by atoms with E-state index < -0.39 is 0 Å². The largest absolute Gasteiger partial charge is 0.480 e. The summed E-state index contributed by atoms with van der Waals surface area (Å²) in [6.07, 6.45) is 0. The quantitative estimate of drug-likeness (QED) is 0.695. The number of benzene rings is 1. The van der Waals surface area contributed by atoms with Gasteiger partial charge in [-0.3, -0.25) is 0 Å². The fourth-order valence-corrected chi connectivity index (χ4v) is 2.02. The number of aromatic nitrogens is 4. The molecule has 2 aromatic heterocycles. The van der Waals surface area contributed by atoms with Crippen LogP contribution < -0.4 is 4.74 Å². The van der Waals surface area contributed by atoms with Gasteiger partial charge in [0.1, 0.15) is 10.8 Å². The van der Waals surface area contributed by atoms with E-state index >= 15 is 0 Å². The Bertz CT molecular complexity index is 747. The van der Waals surface area contributed by atoms with Crippen molar-refractivity contribution in [1.82, 2.24) is 20.2 Å². The van der Waals surface area contributed by atoms with E-state index in [1.54, 1.807) is 18.2 Å². The second-order valence-corrected chi connectivity index (χ2v) is 4.61. The van der Waals surface area contributed by atoms with Gasteiger partial charge < -0.3 is 4.74 Å². The number of hydrogen-bond donors (Lipinski definition) is 0. The molecule has 2 heterocycles. The first-order valence-electron chi connectivity index (χ1n) is 6.24. The molecule has 0 N–H and O–H groups in total. The van der Waals surface area contributed by atoms with Crippen molar-refractivity contribution in [2.75, 3.05) is 7.11 Å². The van der Waals surface area contributed by atoms with E-state index in [0.29, 0.717) is 22.6 Å². The van der Waals surface area contributed by atoms with Crippen molar-refractivity contribution >= 4 is 11.6 Å². The fraction of sp³-hybridized carbons (Fsp3) is 0.0667. The van der Waals surface area contributed by atoms with Crippen LogP contribution in [0.1, 0.15) is 0 Å². The zero-order valence-electron chi connectivity index (χ0n) is 11.2. The Morgan fingerprint density at radius 1 is 0.905 bits per heavy atom. The van der Waals surface area contributed by atoms with Crippen molar-refractivity contribution in [3.05, 3.63) is 53.7 Å². The molecule has 3 aromatic rings. The van der Waals surface area contributed by atoms with E-state index in [0.717, 1.165) is 11.3 Å². The number of nitrogens with zero attached hydrogens (tertiary/aromatic N) is 4. The Morgan fingerprint density at radius 3 is 2.38 bits per heavy atom. The normalized spacial score (nSPS) is 10.4. The van der Waals surface area contributed by atoms with Crippen LogP contribution in [0.4, 0.5) is 0 Å². The second kappa shape index (κ2) is 5.85. The van der Waals surface area contributed by atoms with Crippen molar-refractivity contribution in [1.29, 1.82) is 0 Å². The molecular weight excluding hydrogens is 288 g/mol. The molecule has 6 heteroatoms. The topological polar surface area (TPSA) is 60.8 Å². The van der Waals surface area contributed by atoms with Gasteiger partial charge in [0, 0.05) is 17.7 Å². The van der Waals surface area contributed by atoms with E-state index in [1.165, 1.54) is 7.11 Å². The van der Waals surface area contributed by atoms with Crippen LogP contribution in [-0.2, 0) is 0 Å². The smallest absolute Gasteiger partial charge is 0.233 e. The molecule has 0 radical (unpaired) electrons. The van der Waals surface area contributed by atoms with Crippen LogP contribution in [0.25, 0.3) is 22.8 Å². The van der Waals surface area contributed by atoms with Gasteiger partial charge in [-0.25, -0.2) is 9.97 Å². The first kappa shape index (κ1) is 13.5. The van der Waals surface area contributed by atoms with Gasteiger partial charge in [-0.05, 0) is 6.07 Å². The number of ether oxygens (including phenoxy) is 1. The lowest BCUT2D eigenvalue weighted by atomic mass is 10.1. The first-order valence-corrected chi connectivity index (χ1v) is 6.62. The molecule has 0 atom stereocenters. The van der Waals surface area contributed by atoms with Gasteiger partial charge in [0.2, 0.25) is 5.88 Å². The Kier molecular flexibility index (Phi) is 3.75. The fourth-order valence-electron chi connectivity index (χ4n) is 1.84. The van der Waals surface area contributed by atoms with Gasteiger partial charge in [-0.15, -0.1) is 10.2 Å². The Labute approximate surface area is 126 Å². The summed E-state index contributed by atoms with van der Waals surface area (Å²) < 4.78 is 4.98. The molecule has 0 amide bonds. The maximum atomic E-state index is 6.08. The number of halogens is 1. The van der Waals surface area contributed by atoms with Gasteiger partial charge in [0.05, 0.1) is 12.8 Å². The lowest BCUT2D eigenvalue weighted by molar-refractivity contribution is 0.392. The summed E-state index contributed by atoms with van der Waals surface area (Å²) in [6, 6.07) is 14.9. The highest BCUT2D eigenvalue weighted by Crippen LogP contribution is 2.23. The van der Waals surface area contributed by atoms with Gasteiger partial charge in [-0.2, -0.15) is 0 Å². The molecule has 0 saturated carbocycles. The number of rotatable bonds is 3. The summed E-state index contributed by atoms with van der Waals surface area (Å²) >= 11 is 6.08. The van der Waals surface area contributed by atoms with Crippen LogP contribution in [0.3, 0.4) is 0 Å². The molecule has 0 unspecified atom stereocenters. The van der Waals surface area contributed by atoms with E-state index in [-0.39, 0.29) is 0 Å². The lowest BCUT2D eigenvalue weighted by Gasteiger charge is -2.05. The minimum absolute atomic E-state index is 0.358. The molecule has 1 aromatic carbocycles. The summed E-state index contributed by atoms with van der Waals surface area (Å²) in [7, 11) is 1.53. The molecule has 0 aliphatic heterocycles. The minimum atomic E-state index is 0.358. The minimum Gasteiger partial charge on any atom is -0.480 e. The molecule has 3 rings (SSSR count). The van der Waals surface area contributed by atoms with Crippen molar-refractivity contribution in [2.24, 2.45) is 0 Å². The Hall–Kier alpha value is -2.53. The van der Waals surface area contributed by atoms with E-state index in [2.05, 4.69) is 20.2 Å². The molecule has 104 valence electrons. The van der Waals surface area contributed by atoms with E-state index in [9.17, 15) is 0 Å². The summed E-state index contributed by atoms with van der Waals surface area (Å²) in [5.41, 5.74) is 2.24. The molecule has 21 heavy (non-hydrogen) atoms. The third-order valence-corrected chi connectivity index (χ3v) is 3.04. The van der Waals surface area contributed by atoms with Gasteiger partial charge in [-0.1, -0.05) is 41.9 Å². The third kappa shape index (κ3) is 2.98. The SMILES string of the molecule is COc1ccc(-c2nc(Cl)cc(-c3ccccc3)n2)nn1. The van der Waals surface area contributed by atoms with Crippen molar-refractivity contribution in [3.8, 4) is 28.7 Å². The maximum Gasteiger partial charge on any atom is 0.233 e. The molecule has 0 aliphatic carbocycles. The van der Waals surface area contributed by atoms with Gasteiger partial charge in [0.25, 0.3) is 0 Å². The molecule has 0 bridgehead atoms. The lowest BCUT2D eigenvalue weighted by Crippen LogP contribution is -1.97. The van der Waals surface area contributed by atoms with Crippen LogP contribution in [0, 0.1) is 0 Å². The summed E-state index contributed by atoms with van der Waals surface area (Å²) in [4.78, 5) is 8.69. The van der Waals surface area contributed by atoms with Crippen LogP contribution in [-0.4, -0.2) is 27.3 Å². The molecule has 0 spiro atoms. The summed E-state index contributed by atoms with van der Waals surface area (Å²) in [6.45, 7) is 0. The average Bonchev–Trinajstić information content (AvgIpc) is 2.55. The average molecular weight is 299 g/mol. The highest BCUT2D eigenvalue weighted by atomic mass is 35.5. The standard InChI is InChI=1S/C15H11ClN4O/c1-21-14-8-7-11(19-20-14)15-17-12(9-13(16)18-15)10-5-3-2-4-6-10/h2-9H,1H3. The zero-order valence-corrected chi connectivity index (χ0v) is 11.9. The maximum absolute atomic E-state index is 6.08. The summed E-state index contributed by atoms with van der Waals surface area (Å²) in [5, 5.41) is 8.31. The Morgan fingerprint density at radius 2 is 1.71 bits per heavy atom. The second-order valence-electron chi connectivity index (χ2n) is 4.23. The summed E-state index contributed by atoms with van der Waals surface area (Å²) in [5.74, 6) is 0.862. The van der Waals surface area contributed by atoms with Gasteiger partial charge >= 0.3 is 0 Å². The predicted molar refractivity (Wildman–Crippen MR) is 80.1 cm³/mol. The van der Waals surface area contributed by atoms with Crippen molar-refractivity contribution < 1.29 is 4.74 Å². The van der Waals surface area contributed by atoms with E-state index in [1.807, 2.05) is 30.3 Å². The van der Waals surface area contributed by atoms with E-state index in [4.69, 9.17) is 16.3 Å². The highest BCUT2D eigenvalue weighted by Gasteiger charge is 2.09. The predicted octanol–water partition coefficient (Wildman–Crippen LogP) is 3.26. The first-order chi connectivity index (χ1) is 10.3. The third-order valence-electron chi connectivity index (χ3n) is 2.84. The zero-order chi connectivity index (χ0) is 14.7. The Balaban J connectivity index is 2.05. The molecule has 0 fully saturated rings. The van der Waals surface area contributed by atoms with Crippen molar-refractivity contribution in [2.45, 2.75) is 0 Å². The molecule has 0 saturated heterocycles. The van der Waals surface area contributed by atoms with Crippen LogP contribution in [0.2, 0.25) is 5.15 Å². The number of methoxy groups -OCH3 is 1.